The minimum Gasteiger partial charge on any atom is -0.388 e. The van der Waals surface area contributed by atoms with Crippen molar-refractivity contribution in [3.63, 3.8) is 0 Å². The summed E-state index contributed by atoms with van der Waals surface area (Å²) in [5, 5.41) is 10.3. The van der Waals surface area contributed by atoms with Gasteiger partial charge in [-0.3, -0.25) is 4.90 Å². The van der Waals surface area contributed by atoms with Crippen molar-refractivity contribution in [3.8, 4) is 0 Å². The van der Waals surface area contributed by atoms with Crippen LogP contribution < -0.4 is 0 Å². The predicted molar refractivity (Wildman–Crippen MR) is 53.6 cm³/mol. The third kappa shape index (κ3) is 0.909. The van der Waals surface area contributed by atoms with Crippen LogP contribution in [0, 0.1) is 5.41 Å². The smallest absolute Gasteiger partial charge is 0.0815 e. The second-order valence-electron chi connectivity index (χ2n) is 5.92. The highest BCUT2D eigenvalue weighted by atomic mass is 16.3. The molecule has 1 aliphatic carbocycles. The van der Waals surface area contributed by atoms with E-state index in [9.17, 15) is 5.11 Å². The molecule has 2 unspecified atom stereocenters. The van der Waals surface area contributed by atoms with Gasteiger partial charge in [0, 0.05) is 6.04 Å². The summed E-state index contributed by atoms with van der Waals surface area (Å²) in [6.07, 6.45) is 2.06. The van der Waals surface area contributed by atoms with E-state index < -0.39 is 5.60 Å². The summed E-state index contributed by atoms with van der Waals surface area (Å²) < 4.78 is 0. The van der Waals surface area contributed by atoms with Gasteiger partial charge in [0.05, 0.1) is 11.1 Å². The van der Waals surface area contributed by atoms with Crippen LogP contribution in [-0.4, -0.2) is 34.2 Å². The van der Waals surface area contributed by atoms with Crippen molar-refractivity contribution in [2.75, 3.05) is 7.05 Å². The lowest BCUT2D eigenvalue weighted by molar-refractivity contribution is -0.0263. The van der Waals surface area contributed by atoms with E-state index in [1.54, 1.807) is 0 Å². The summed E-state index contributed by atoms with van der Waals surface area (Å²) in [6.45, 7) is 8.81. The summed E-state index contributed by atoms with van der Waals surface area (Å²) in [6, 6.07) is 0.559. The van der Waals surface area contributed by atoms with Gasteiger partial charge >= 0.3 is 0 Å². The quantitative estimate of drug-likeness (QED) is 0.577. The molecule has 2 heteroatoms. The van der Waals surface area contributed by atoms with Gasteiger partial charge < -0.3 is 5.11 Å². The Morgan fingerprint density at radius 2 is 1.69 bits per heavy atom. The van der Waals surface area contributed by atoms with Crippen LogP contribution in [0.3, 0.4) is 0 Å². The second-order valence-corrected chi connectivity index (χ2v) is 5.92. The first kappa shape index (κ1) is 9.47. The van der Waals surface area contributed by atoms with Crippen molar-refractivity contribution in [1.82, 2.24) is 4.90 Å². The van der Waals surface area contributed by atoms with Gasteiger partial charge in [-0.05, 0) is 39.2 Å². The number of likely N-dealkylation sites (N-methyl/N-ethyl adjacent to an activating group) is 1. The van der Waals surface area contributed by atoms with Crippen LogP contribution in [0.15, 0.2) is 0 Å². The van der Waals surface area contributed by atoms with Crippen LogP contribution in [0.2, 0.25) is 0 Å². The molecule has 0 aromatic rings. The van der Waals surface area contributed by atoms with Crippen LogP contribution >= 0.6 is 0 Å². The summed E-state index contributed by atoms with van der Waals surface area (Å²) in [7, 11) is 2.13. The van der Waals surface area contributed by atoms with Gasteiger partial charge in [0.2, 0.25) is 0 Å². The summed E-state index contributed by atoms with van der Waals surface area (Å²) in [5.74, 6) is 0. The van der Waals surface area contributed by atoms with Gasteiger partial charge in [0.1, 0.15) is 0 Å². The summed E-state index contributed by atoms with van der Waals surface area (Å²) >= 11 is 0. The van der Waals surface area contributed by atoms with Gasteiger partial charge in [0.15, 0.2) is 0 Å². The number of hydrogen-bond acceptors (Lipinski definition) is 2. The second kappa shape index (κ2) is 2.12. The molecule has 0 aromatic carbocycles. The standard InChI is InChI=1S/C11H21NO/c1-9(2)6-7-10(3,13)11(4)8(9)12(11)5/h8,13H,6-7H2,1-5H3/t8-,10-,11?,12?/m0/s1. The lowest BCUT2D eigenvalue weighted by atomic mass is 9.66. The van der Waals surface area contributed by atoms with Gasteiger partial charge in [-0.1, -0.05) is 13.8 Å². The molecular weight excluding hydrogens is 162 g/mol. The van der Waals surface area contributed by atoms with Crippen LogP contribution in [0.1, 0.15) is 40.5 Å². The third-order valence-electron chi connectivity index (χ3n) is 4.67. The fraction of sp³-hybridized carbons (Fsp3) is 1.00. The molecule has 0 bridgehead atoms. The maximum Gasteiger partial charge on any atom is 0.0815 e. The molecule has 0 amide bonds. The number of hydrogen-bond donors (Lipinski definition) is 1. The Morgan fingerprint density at radius 1 is 1.15 bits per heavy atom. The lowest BCUT2D eigenvalue weighted by Gasteiger charge is -2.40. The monoisotopic (exact) mass is 183 g/mol. The first-order valence-corrected chi connectivity index (χ1v) is 5.19. The summed E-state index contributed by atoms with van der Waals surface area (Å²) in [5.41, 5.74) is -0.109. The maximum atomic E-state index is 10.3. The van der Waals surface area contributed by atoms with E-state index in [1.165, 1.54) is 0 Å². The normalized spacial score (nSPS) is 58.6. The number of rotatable bonds is 0. The molecule has 13 heavy (non-hydrogen) atoms. The van der Waals surface area contributed by atoms with E-state index in [0.717, 1.165) is 12.8 Å². The summed E-state index contributed by atoms with van der Waals surface area (Å²) in [4.78, 5) is 2.33. The minimum absolute atomic E-state index is 0.0226. The van der Waals surface area contributed by atoms with E-state index in [-0.39, 0.29) is 5.54 Å². The molecule has 2 rings (SSSR count). The number of nitrogens with zero attached hydrogens (tertiary/aromatic N) is 1. The SMILES string of the molecule is CN1[C@H]2C(C)(C)CC[C@](C)(O)C21C. The third-order valence-corrected chi connectivity index (χ3v) is 4.67. The first-order chi connectivity index (χ1) is 5.73. The fourth-order valence-electron chi connectivity index (χ4n) is 3.46. The van der Waals surface area contributed by atoms with Crippen LogP contribution in [0.4, 0.5) is 0 Å². The molecule has 4 atom stereocenters. The van der Waals surface area contributed by atoms with E-state index in [4.69, 9.17) is 0 Å². The minimum atomic E-state index is -0.498. The van der Waals surface area contributed by atoms with Gasteiger partial charge in [-0.15, -0.1) is 0 Å². The molecule has 0 radical (unpaired) electrons. The Hall–Kier alpha value is -0.0800. The maximum absolute atomic E-state index is 10.3. The highest BCUT2D eigenvalue weighted by molar-refractivity contribution is 5.28. The molecule has 0 spiro atoms. The van der Waals surface area contributed by atoms with Crippen LogP contribution in [-0.2, 0) is 0 Å². The predicted octanol–water partition coefficient (Wildman–Crippen LogP) is 1.63. The molecule has 1 saturated heterocycles. The average molecular weight is 183 g/mol. The number of likely N-dealkylation sites (tertiary alicyclic amines) is 1. The van der Waals surface area contributed by atoms with Crippen molar-refractivity contribution < 1.29 is 5.11 Å². The Labute approximate surface area is 80.9 Å². The lowest BCUT2D eigenvalue weighted by Crippen LogP contribution is -2.49. The molecule has 1 saturated carbocycles. The zero-order chi connectivity index (χ0) is 10.1. The van der Waals surface area contributed by atoms with E-state index in [1.807, 2.05) is 6.92 Å². The molecule has 0 aromatic heterocycles. The van der Waals surface area contributed by atoms with Crippen molar-refractivity contribution in [3.05, 3.63) is 0 Å². The number of aliphatic hydroxyl groups is 1. The van der Waals surface area contributed by atoms with Gasteiger partial charge in [-0.25, -0.2) is 0 Å². The zero-order valence-corrected chi connectivity index (χ0v) is 9.39. The van der Waals surface area contributed by atoms with Crippen LogP contribution in [0.25, 0.3) is 0 Å². The Bertz CT molecular complexity index is 246. The Morgan fingerprint density at radius 3 is 2.15 bits per heavy atom. The van der Waals surface area contributed by atoms with Crippen molar-refractivity contribution in [2.24, 2.45) is 5.41 Å². The molecule has 2 fully saturated rings. The molecule has 1 N–H and O–H groups in total. The van der Waals surface area contributed by atoms with Crippen molar-refractivity contribution in [2.45, 2.75) is 57.7 Å². The molecule has 1 aliphatic heterocycles. The largest absolute Gasteiger partial charge is 0.388 e. The molecule has 2 aliphatic rings. The topological polar surface area (TPSA) is 23.2 Å². The highest BCUT2D eigenvalue weighted by Gasteiger charge is 2.72. The number of fused-ring (bicyclic) bond motifs is 1. The molecular formula is C11H21NO. The van der Waals surface area contributed by atoms with Gasteiger partial charge in [0.25, 0.3) is 0 Å². The Kier molecular flexibility index (Phi) is 1.54. The van der Waals surface area contributed by atoms with E-state index in [0.29, 0.717) is 11.5 Å². The first-order valence-electron chi connectivity index (χ1n) is 5.19. The van der Waals surface area contributed by atoms with E-state index in [2.05, 4.69) is 32.7 Å². The van der Waals surface area contributed by atoms with Crippen molar-refractivity contribution >= 4 is 0 Å². The molecule has 1 heterocycles. The fourth-order valence-corrected chi connectivity index (χ4v) is 3.46. The molecule has 2 nitrogen and oxygen atoms in total. The van der Waals surface area contributed by atoms with Crippen LogP contribution in [0.5, 0.6) is 0 Å². The zero-order valence-electron chi connectivity index (χ0n) is 9.39. The van der Waals surface area contributed by atoms with Crippen molar-refractivity contribution in [1.29, 1.82) is 0 Å². The molecule has 76 valence electrons. The Balaban J connectivity index is 2.34. The van der Waals surface area contributed by atoms with E-state index >= 15 is 0 Å². The highest BCUT2D eigenvalue weighted by Crippen LogP contribution is 2.61. The van der Waals surface area contributed by atoms with Gasteiger partial charge in [-0.2, -0.15) is 0 Å². The average Bonchev–Trinajstić information content (AvgIpc) is 2.53.